The maximum absolute atomic E-state index is 10.8. The van der Waals surface area contributed by atoms with Crippen molar-refractivity contribution in [2.75, 3.05) is 11.9 Å². The van der Waals surface area contributed by atoms with Gasteiger partial charge in [0, 0.05) is 23.4 Å². The standard InChI is InChI=1S/C15H15BrN4O/c1-2-15(21,11-3-5-12(16)6-4-11)10-20-14-13(9-17)18-7-8-19-14/h3-8,21H,2,10H2,1H3,(H,19,20). The van der Waals surface area contributed by atoms with Crippen LogP contribution in [0.15, 0.2) is 41.1 Å². The first-order valence-corrected chi connectivity index (χ1v) is 7.32. The van der Waals surface area contributed by atoms with E-state index >= 15 is 0 Å². The van der Waals surface area contributed by atoms with Crippen LogP contribution < -0.4 is 5.32 Å². The van der Waals surface area contributed by atoms with Crippen molar-refractivity contribution in [2.24, 2.45) is 0 Å². The average Bonchev–Trinajstić information content (AvgIpc) is 2.53. The fraction of sp³-hybridized carbons (Fsp3) is 0.267. The summed E-state index contributed by atoms with van der Waals surface area (Å²) in [6, 6.07) is 9.49. The zero-order valence-corrected chi connectivity index (χ0v) is 13.1. The molecule has 6 heteroatoms. The molecule has 2 rings (SSSR count). The highest BCUT2D eigenvalue weighted by molar-refractivity contribution is 9.10. The van der Waals surface area contributed by atoms with Crippen molar-refractivity contribution in [3.63, 3.8) is 0 Å². The Bertz CT molecular complexity index is 653. The van der Waals surface area contributed by atoms with Gasteiger partial charge in [0.2, 0.25) is 0 Å². The molecule has 1 heterocycles. The van der Waals surface area contributed by atoms with Crippen LogP contribution >= 0.6 is 15.9 Å². The number of rotatable bonds is 5. The summed E-state index contributed by atoms with van der Waals surface area (Å²) in [5.74, 6) is 0.379. The van der Waals surface area contributed by atoms with Crippen LogP contribution in [-0.4, -0.2) is 21.6 Å². The molecule has 1 aromatic heterocycles. The summed E-state index contributed by atoms with van der Waals surface area (Å²) in [6.45, 7) is 2.16. The van der Waals surface area contributed by atoms with Gasteiger partial charge in [-0.05, 0) is 24.1 Å². The van der Waals surface area contributed by atoms with Crippen LogP contribution in [0.3, 0.4) is 0 Å². The Morgan fingerprint density at radius 2 is 1.95 bits per heavy atom. The van der Waals surface area contributed by atoms with Crippen LogP contribution in [0, 0.1) is 11.3 Å². The third kappa shape index (κ3) is 3.57. The summed E-state index contributed by atoms with van der Waals surface area (Å²) < 4.78 is 0.957. The Labute approximate surface area is 131 Å². The summed E-state index contributed by atoms with van der Waals surface area (Å²) in [4.78, 5) is 8.01. The second-order valence-corrected chi connectivity index (χ2v) is 5.53. The lowest BCUT2D eigenvalue weighted by molar-refractivity contribution is 0.0463. The number of benzene rings is 1. The first kappa shape index (κ1) is 15.4. The van der Waals surface area contributed by atoms with E-state index in [2.05, 4.69) is 31.2 Å². The SMILES string of the molecule is CCC(O)(CNc1nccnc1C#N)c1ccc(Br)cc1. The summed E-state index contributed by atoms with van der Waals surface area (Å²) in [5.41, 5.74) is -0.0137. The van der Waals surface area contributed by atoms with E-state index in [4.69, 9.17) is 5.26 Å². The van der Waals surface area contributed by atoms with Gasteiger partial charge in [-0.25, -0.2) is 9.97 Å². The number of aliphatic hydroxyl groups is 1. The second kappa shape index (κ2) is 6.66. The Hall–Kier alpha value is -1.97. The number of nitrogens with one attached hydrogen (secondary N) is 1. The molecule has 0 radical (unpaired) electrons. The Morgan fingerprint density at radius 3 is 2.57 bits per heavy atom. The van der Waals surface area contributed by atoms with E-state index in [0.717, 1.165) is 10.0 Å². The molecule has 0 aliphatic rings. The molecule has 0 fully saturated rings. The van der Waals surface area contributed by atoms with Gasteiger partial charge in [0.15, 0.2) is 11.5 Å². The highest BCUT2D eigenvalue weighted by Crippen LogP contribution is 2.27. The summed E-state index contributed by atoms with van der Waals surface area (Å²) in [5, 5.41) is 22.8. The molecule has 1 aromatic carbocycles. The quantitative estimate of drug-likeness (QED) is 0.869. The van der Waals surface area contributed by atoms with Gasteiger partial charge >= 0.3 is 0 Å². The molecule has 1 unspecified atom stereocenters. The van der Waals surface area contributed by atoms with Gasteiger partial charge in [-0.15, -0.1) is 0 Å². The average molecular weight is 347 g/mol. The molecule has 0 spiro atoms. The van der Waals surface area contributed by atoms with Gasteiger partial charge < -0.3 is 10.4 Å². The van der Waals surface area contributed by atoms with Gasteiger partial charge in [-0.1, -0.05) is 35.0 Å². The number of aromatic nitrogens is 2. The van der Waals surface area contributed by atoms with Crippen molar-refractivity contribution >= 4 is 21.7 Å². The molecule has 21 heavy (non-hydrogen) atoms. The monoisotopic (exact) mass is 346 g/mol. The fourth-order valence-corrected chi connectivity index (χ4v) is 2.23. The zero-order valence-electron chi connectivity index (χ0n) is 11.5. The van der Waals surface area contributed by atoms with Gasteiger partial charge in [-0.2, -0.15) is 5.26 Å². The smallest absolute Gasteiger partial charge is 0.182 e. The molecule has 0 saturated carbocycles. The fourth-order valence-electron chi connectivity index (χ4n) is 1.97. The van der Waals surface area contributed by atoms with Crippen molar-refractivity contribution in [1.29, 1.82) is 5.26 Å². The van der Waals surface area contributed by atoms with Crippen LogP contribution in [0.5, 0.6) is 0 Å². The van der Waals surface area contributed by atoms with E-state index < -0.39 is 5.60 Å². The lowest BCUT2D eigenvalue weighted by Crippen LogP contribution is -2.34. The molecule has 0 aliphatic carbocycles. The zero-order chi connectivity index (χ0) is 15.3. The number of hydrogen-bond donors (Lipinski definition) is 2. The van der Waals surface area contributed by atoms with Crippen LogP contribution in [0.25, 0.3) is 0 Å². The predicted octanol–water partition coefficient (Wildman–Crippen LogP) is 2.82. The normalized spacial score (nSPS) is 13.2. The van der Waals surface area contributed by atoms with E-state index in [1.807, 2.05) is 37.3 Å². The number of anilines is 1. The Balaban J connectivity index is 2.19. The second-order valence-electron chi connectivity index (χ2n) is 4.61. The molecule has 2 aromatic rings. The first-order valence-electron chi connectivity index (χ1n) is 6.52. The highest BCUT2D eigenvalue weighted by atomic mass is 79.9. The molecule has 2 N–H and O–H groups in total. The minimum atomic E-state index is -1.04. The molecular weight excluding hydrogens is 332 g/mol. The van der Waals surface area contributed by atoms with Gasteiger partial charge in [0.05, 0.1) is 0 Å². The van der Waals surface area contributed by atoms with E-state index in [0.29, 0.717) is 12.2 Å². The number of nitrogens with zero attached hydrogens (tertiary/aromatic N) is 3. The third-order valence-corrected chi connectivity index (χ3v) is 3.85. The van der Waals surface area contributed by atoms with Crippen molar-refractivity contribution in [3.8, 4) is 6.07 Å². The molecule has 0 amide bonds. The van der Waals surface area contributed by atoms with Crippen molar-refractivity contribution in [2.45, 2.75) is 18.9 Å². The molecule has 0 aliphatic heterocycles. The van der Waals surface area contributed by atoms with Gasteiger partial charge in [0.1, 0.15) is 11.7 Å². The lowest BCUT2D eigenvalue weighted by atomic mass is 9.91. The summed E-state index contributed by atoms with van der Waals surface area (Å²) >= 11 is 3.38. The Morgan fingerprint density at radius 1 is 1.29 bits per heavy atom. The topological polar surface area (TPSA) is 81.8 Å². The van der Waals surface area contributed by atoms with Crippen molar-refractivity contribution in [1.82, 2.24) is 9.97 Å². The van der Waals surface area contributed by atoms with Crippen LogP contribution in [0.4, 0.5) is 5.82 Å². The number of hydrogen-bond acceptors (Lipinski definition) is 5. The van der Waals surface area contributed by atoms with Crippen molar-refractivity contribution < 1.29 is 5.11 Å². The minimum Gasteiger partial charge on any atom is -0.383 e. The van der Waals surface area contributed by atoms with Crippen LogP contribution in [0.1, 0.15) is 24.6 Å². The third-order valence-electron chi connectivity index (χ3n) is 3.32. The maximum atomic E-state index is 10.8. The van der Waals surface area contributed by atoms with Gasteiger partial charge in [-0.3, -0.25) is 0 Å². The molecule has 5 nitrogen and oxygen atoms in total. The largest absolute Gasteiger partial charge is 0.383 e. The van der Waals surface area contributed by atoms with Crippen LogP contribution in [-0.2, 0) is 5.60 Å². The van der Waals surface area contributed by atoms with E-state index in [9.17, 15) is 5.11 Å². The summed E-state index contributed by atoms with van der Waals surface area (Å²) in [7, 11) is 0. The number of halogens is 1. The lowest BCUT2D eigenvalue weighted by Gasteiger charge is -2.28. The number of nitriles is 1. The predicted molar refractivity (Wildman–Crippen MR) is 83.6 cm³/mol. The molecule has 108 valence electrons. The molecule has 1 atom stereocenters. The summed E-state index contributed by atoms with van der Waals surface area (Å²) in [6.07, 6.45) is 3.50. The van der Waals surface area contributed by atoms with Crippen LogP contribution in [0.2, 0.25) is 0 Å². The minimum absolute atomic E-state index is 0.215. The van der Waals surface area contributed by atoms with E-state index in [-0.39, 0.29) is 12.2 Å². The van der Waals surface area contributed by atoms with E-state index in [1.54, 1.807) is 0 Å². The molecular formula is C15H15BrN4O. The molecule has 0 bridgehead atoms. The first-order chi connectivity index (χ1) is 10.1. The molecule has 0 saturated heterocycles. The maximum Gasteiger partial charge on any atom is 0.182 e. The Kier molecular flexibility index (Phi) is 4.89. The van der Waals surface area contributed by atoms with Gasteiger partial charge in [0.25, 0.3) is 0 Å². The van der Waals surface area contributed by atoms with Crippen molar-refractivity contribution in [3.05, 3.63) is 52.4 Å². The van der Waals surface area contributed by atoms with E-state index in [1.165, 1.54) is 12.4 Å². The highest BCUT2D eigenvalue weighted by Gasteiger charge is 2.27.